The van der Waals surface area contributed by atoms with Crippen LogP contribution in [0, 0.1) is 18.3 Å². The number of aromatic nitrogens is 1. The first kappa shape index (κ1) is 8.42. The first-order valence-electron chi connectivity index (χ1n) is 3.73. The van der Waals surface area contributed by atoms with E-state index in [-0.39, 0.29) is 0 Å². The van der Waals surface area contributed by atoms with E-state index in [2.05, 4.69) is 10.4 Å². The van der Waals surface area contributed by atoms with Crippen LogP contribution < -0.4 is 0 Å². The fourth-order valence-electron chi connectivity index (χ4n) is 1.08. The standard InChI is InChI=1S/C9H6N2S2/c1-6-7(5-10)9(13-11-6)8-3-2-4-12-8/h2-4H,1H3. The number of hydrogen-bond acceptors (Lipinski definition) is 4. The molecule has 0 amide bonds. The average Bonchev–Trinajstić information content (AvgIpc) is 2.71. The van der Waals surface area contributed by atoms with Crippen molar-refractivity contribution in [2.75, 3.05) is 0 Å². The summed E-state index contributed by atoms with van der Waals surface area (Å²) in [7, 11) is 0. The summed E-state index contributed by atoms with van der Waals surface area (Å²) in [6.07, 6.45) is 0. The lowest BCUT2D eigenvalue weighted by atomic mass is 10.2. The van der Waals surface area contributed by atoms with Crippen LogP contribution in [0.25, 0.3) is 9.75 Å². The van der Waals surface area contributed by atoms with E-state index >= 15 is 0 Å². The molecule has 0 aliphatic carbocycles. The molecule has 2 heterocycles. The molecule has 2 nitrogen and oxygen atoms in total. The topological polar surface area (TPSA) is 36.7 Å². The number of rotatable bonds is 1. The van der Waals surface area contributed by atoms with Gasteiger partial charge in [-0.25, -0.2) is 0 Å². The van der Waals surface area contributed by atoms with E-state index in [1.54, 1.807) is 11.3 Å². The van der Waals surface area contributed by atoms with Gasteiger partial charge in [-0.3, -0.25) is 0 Å². The Morgan fingerprint density at radius 2 is 2.38 bits per heavy atom. The first-order valence-corrected chi connectivity index (χ1v) is 5.38. The second kappa shape index (κ2) is 3.29. The number of aryl methyl sites for hydroxylation is 1. The highest BCUT2D eigenvalue weighted by Crippen LogP contribution is 2.32. The van der Waals surface area contributed by atoms with Crippen LogP contribution in [0.2, 0.25) is 0 Å². The van der Waals surface area contributed by atoms with Crippen molar-refractivity contribution in [1.82, 2.24) is 4.37 Å². The Kier molecular flexibility index (Phi) is 2.13. The lowest BCUT2D eigenvalue weighted by molar-refractivity contribution is 1.31. The molecule has 2 rings (SSSR count). The van der Waals surface area contributed by atoms with Crippen molar-refractivity contribution in [2.45, 2.75) is 6.92 Å². The number of hydrogen-bond donors (Lipinski definition) is 0. The van der Waals surface area contributed by atoms with Crippen LogP contribution in [0.3, 0.4) is 0 Å². The van der Waals surface area contributed by atoms with Gasteiger partial charge in [0.2, 0.25) is 0 Å². The minimum Gasteiger partial charge on any atom is -0.196 e. The van der Waals surface area contributed by atoms with E-state index in [0.717, 1.165) is 15.4 Å². The van der Waals surface area contributed by atoms with Gasteiger partial charge in [0.1, 0.15) is 6.07 Å². The second-order valence-corrected chi connectivity index (χ2v) is 4.28. The maximum atomic E-state index is 8.91. The molecular weight excluding hydrogens is 200 g/mol. The van der Waals surface area contributed by atoms with Crippen LogP contribution in [0.1, 0.15) is 11.3 Å². The molecule has 2 aromatic rings. The fourth-order valence-corrected chi connectivity index (χ4v) is 2.77. The lowest BCUT2D eigenvalue weighted by Gasteiger charge is -1.89. The summed E-state index contributed by atoms with van der Waals surface area (Å²) in [5.74, 6) is 0. The first-order chi connectivity index (χ1) is 6.33. The molecule has 4 heteroatoms. The highest BCUT2D eigenvalue weighted by molar-refractivity contribution is 7.18. The minimum atomic E-state index is 0.715. The van der Waals surface area contributed by atoms with Crippen molar-refractivity contribution in [3.63, 3.8) is 0 Å². The normalized spacial score (nSPS) is 9.85. The average molecular weight is 206 g/mol. The summed E-state index contributed by atoms with van der Waals surface area (Å²) in [5, 5.41) is 10.9. The molecular formula is C9H6N2S2. The second-order valence-electron chi connectivity index (χ2n) is 2.56. The number of nitriles is 1. The van der Waals surface area contributed by atoms with Crippen LogP contribution in [0.4, 0.5) is 0 Å². The zero-order valence-corrected chi connectivity index (χ0v) is 8.58. The molecule has 0 bridgehead atoms. The summed E-state index contributed by atoms with van der Waals surface area (Å²) in [5.41, 5.74) is 1.54. The van der Waals surface area contributed by atoms with Crippen molar-refractivity contribution < 1.29 is 0 Å². The highest BCUT2D eigenvalue weighted by atomic mass is 32.1. The third-order valence-corrected chi connectivity index (χ3v) is 3.71. The molecule has 0 saturated heterocycles. The number of nitrogens with zero attached hydrogens (tertiary/aromatic N) is 2. The molecule has 0 saturated carbocycles. The molecule has 0 aliphatic rings. The molecule has 0 unspecified atom stereocenters. The van der Waals surface area contributed by atoms with Crippen LogP contribution in [0.5, 0.6) is 0 Å². The molecule has 0 aromatic carbocycles. The Morgan fingerprint density at radius 1 is 1.54 bits per heavy atom. The van der Waals surface area contributed by atoms with Crippen molar-refractivity contribution in [1.29, 1.82) is 5.26 Å². The number of thiophene rings is 1. The Labute approximate surface area is 84.3 Å². The van der Waals surface area contributed by atoms with Crippen molar-refractivity contribution in [3.8, 4) is 15.8 Å². The van der Waals surface area contributed by atoms with Gasteiger partial charge in [0.25, 0.3) is 0 Å². The zero-order chi connectivity index (χ0) is 9.26. The summed E-state index contributed by atoms with van der Waals surface area (Å²) in [6.45, 7) is 1.87. The zero-order valence-electron chi connectivity index (χ0n) is 6.94. The van der Waals surface area contributed by atoms with E-state index in [1.807, 2.05) is 24.4 Å². The molecule has 0 N–H and O–H groups in total. The summed E-state index contributed by atoms with van der Waals surface area (Å²) >= 11 is 3.03. The van der Waals surface area contributed by atoms with Crippen molar-refractivity contribution in [2.24, 2.45) is 0 Å². The van der Waals surface area contributed by atoms with E-state index in [1.165, 1.54) is 11.5 Å². The lowest BCUT2D eigenvalue weighted by Crippen LogP contribution is -1.76. The predicted molar refractivity (Wildman–Crippen MR) is 54.9 cm³/mol. The van der Waals surface area contributed by atoms with E-state index < -0.39 is 0 Å². The van der Waals surface area contributed by atoms with E-state index in [9.17, 15) is 0 Å². The van der Waals surface area contributed by atoms with Gasteiger partial charge < -0.3 is 0 Å². The Morgan fingerprint density at radius 3 is 3.00 bits per heavy atom. The Hall–Kier alpha value is -1.18. The van der Waals surface area contributed by atoms with Gasteiger partial charge in [0, 0.05) is 4.88 Å². The van der Waals surface area contributed by atoms with Gasteiger partial charge in [-0.2, -0.15) is 9.64 Å². The van der Waals surface area contributed by atoms with Gasteiger partial charge in [-0.1, -0.05) is 6.07 Å². The van der Waals surface area contributed by atoms with Crippen LogP contribution in [-0.2, 0) is 0 Å². The Bertz CT molecular complexity index is 448. The molecule has 0 radical (unpaired) electrons. The molecule has 0 aliphatic heterocycles. The van der Waals surface area contributed by atoms with Crippen LogP contribution >= 0.6 is 22.9 Å². The summed E-state index contributed by atoms with van der Waals surface area (Å²) in [6, 6.07) is 6.18. The quantitative estimate of drug-likeness (QED) is 0.719. The molecule has 0 fully saturated rings. The van der Waals surface area contributed by atoms with Gasteiger partial charge in [-0.15, -0.1) is 11.3 Å². The summed E-state index contributed by atoms with van der Waals surface area (Å²) < 4.78 is 4.17. The molecule has 13 heavy (non-hydrogen) atoms. The predicted octanol–water partition coefficient (Wildman–Crippen LogP) is 3.05. The summed E-state index contributed by atoms with van der Waals surface area (Å²) in [4.78, 5) is 2.12. The van der Waals surface area contributed by atoms with Crippen molar-refractivity contribution in [3.05, 3.63) is 28.8 Å². The maximum Gasteiger partial charge on any atom is 0.103 e. The van der Waals surface area contributed by atoms with Gasteiger partial charge >= 0.3 is 0 Å². The SMILES string of the molecule is Cc1nsc(-c2cccs2)c1C#N. The maximum absolute atomic E-state index is 8.91. The van der Waals surface area contributed by atoms with Gasteiger partial charge in [-0.05, 0) is 29.9 Å². The molecule has 64 valence electrons. The van der Waals surface area contributed by atoms with E-state index in [4.69, 9.17) is 5.26 Å². The monoisotopic (exact) mass is 206 g/mol. The third-order valence-electron chi connectivity index (χ3n) is 1.72. The van der Waals surface area contributed by atoms with E-state index in [0.29, 0.717) is 5.56 Å². The van der Waals surface area contributed by atoms with Crippen LogP contribution in [0.15, 0.2) is 17.5 Å². The largest absolute Gasteiger partial charge is 0.196 e. The van der Waals surface area contributed by atoms with Crippen molar-refractivity contribution >= 4 is 22.9 Å². The molecule has 0 atom stereocenters. The smallest absolute Gasteiger partial charge is 0.103 e. The van der Waals surface area contributed by atoms with Gasteiger partial charge in [0.15, 0.2) is 0 Å². The molecule has 0 spiro atoms. The fraction of sp³-hybridized carbons (Fsp3) is 0.111. The third kappa shape index (κ3) is 1.37. The highest BCUT2D eigenvalue weighted by Gasteiger charge is 2.11. The minimum absolute atomic E-state index is 0.715. The van der Waals surface area contributed by atoms with Crippen LogP contribution in [-0.4, -0.2) is 4.37 Å². The Balaban J connectivity index is 2.60. The van der Waals surface area contributed by atoms with Gasteiger partial charge in [0.05, 0.1) is 16.1 Å². The molecule has 2 aromatic heterocycles.